The van der Waals surface area contributed by atoms with Gasteiger partial charge in [0.2, 0.25) is 0 Å². The van der Waals surface area contributed by atoms with Crippen LogP contribution >= 0.6 is 22.6 Å². The molecule has 1 nitrogen and oxygen atoms in total. The maximum atomic E-state index is 5.68. The summed E-state index contributed by atoms with van der Waals surface area (Å²) in [4.78, 5) is 0. The van der Waals surface area contributed by atoms with Crippen molar-refractivity contribution in [3.05, 3.63) is 0 Å². The SMILES string of the molecule is CC(C)CCOC(C)(C)CI. The first kappa shape index (κ1) is 11.7. The normalized spacial score (nSPS) is 12.5. The third-order valence-corrected chi connectivity index (χ3v) is 3.35. The Hall–Kier alpha value is 0.690. The number of alkyl halides is 1. The molecule has 0 unspecified atom stereocenters. The first-order valence-corrected chi connectivity index (χ1v) is 5.70. The molecule has 0 heterocycles. The summed E-state index contributed by atoms with van der Waals surface area (Å²) in [5.41, 5.74) is 0.0649. The average molecular weight is 270 g/mol. The zero-order valence-corrected chi connectivity index (χ0v) is 10.1. The van der Waals surface area contributed by atoms with E-state index >= 15 is 0 Å². The van der Waals surface area contributed by atoms with Crippen LogP contribution in [-0.4, -0.2) is 16.6 Å². The Kier molecular flexibility index (Phi) is 5.69. The average Bonchev–Trinajstić information content (AvgIpc) is 1.87. The molecule has 0 amide bonds. The lowest BCUT2D eigenvalue weighted by molar-refractivity contribution is -0.00197. The summed E-state index contributed by atoms with van der Waals surface area (Å²) in [7, 11) is 0. The summed E-state index contributed by atoms with van der Waals surface area (Å²) in [6, 6.07) is 0. The van der Waals surface area contributed by atoms with Crippen LogP contribution < -0.4 is 0 Å². The highest BCUT2D eigenvalue weighted by Gasteiger charge is 2.15. The molecule has 0 saturated heterocycles. The van der Waals surface area contributed by atoms with E-state index in [2.05, 4.69) is 50.3 Å². The molecular formula is C9H19IO. The van der Waals surface area contributed by atoms with Crippen LogP contribution in [0, 0.1) is 5.92 Å². The van der Waals surface area contributed by atoms with Crippen molar-refractivity contribution >= 4 is 22.6 Å². The van der Waals surface area contributed by atoms with Gasteiger partial charge in [-0.2, -0.15) is 0 Å². The number of rotatable bonds is 5. The molecule has 0 N–H and O–H groups in total. The highest BCUT2D eigenvalue weighted by molar-refractivity contribution is 14.1. The van der Waals surface area contributed by atoms with Gasteiger partial charge >= 0.3 is 0 Å². The van der Waals surface area contributed by atoms with Crippen molar-refractivity contribution in [3.63, 3.8) is 0 Å². The fourth-order valence-corrected chi connectivity index (χ4v) is 0.830. The summed E-state index contributed by atoms with van der Waals surface area (Å²) in [5, 5.41) is 0. The van der Waals surface area contributed by atoms with E-state index in [0.29, 0.717) is 0 Å². The van der Waals surface area contributed by atoms with Gasteiger partial charge in [-0.15, -0.1) is 0 Å². The highest BCUT2D eigenvalue weighted by Crippen LogP contribution is 2.13. The van der Waals surface area contributed by atoms with E-state index in [9.17, 15) is 0 Å². The Labute approximate surface area is 84.0 Å². The smallest absolute Gasteiger partial charge is 0.0715 e. The minimum atomic E-state index is 0.0649. The van der Waals surface area contributed by atoms with Crippen LogP contribution in [0.3, 0.4) is 0 Å². The molecule has 0 saturated carbocycles. The Morgan fingerprint density at radius 2 is 1.91 bits per heavy atom. The number of ether oxygens (including phenoxy) is 1. The van der Waals surface area contributed by atoms with E-state index in [1.807, 2.05) is 0 Å². The van der Waals surface area contributed by atoms with Crippen molar-refractivity contribution in [2.45, 2.75) is 39.7 Å². The van der Waals surface area contributed by atoms with E-state index in [-0.39, 0.29) is 5.60 Å². The zero-order chi connectivity index (χ0) is 8.91. The second kappa shape index (κ2) is 5.36. The molecule has 2 heteroatoms. The fraction of sp³-hybridized carbons (Fsp3) is 1.00. The molecule has 11 heavy (non-hydrogen) atoms. The molecule has 0 aromatic rings. The summed E-state index contributed by atoms with van der Waals surface area (Å²) < 4.78 is 6.74. The van der Waals surface area contributed by atoms with E-state index in [0.717, 1.165) is 17.0 Å². The molecule has 0 aliphatic carbocycles. The first-order chi connectivity index (χ1) is 4.98. The molecule has 0 fully saturated rings. The Morgan fingerprint density at radius 3 is 2.27 bits per heavy atom. The van der Waals surface area contributed by atoms with Crippen molar-refractivity contribution in [2.24, 2.45) is 5.92 Å². The van der Waals surface area contributed by atoms with Gasteiger partial charge < -0.3 is 4.74 Å². The van der Waals surface area contributed by atoms with E-state index < -0.39 is 0 Å². The van der Waals surface area contributed by atoms with Gasteiger partial charge in [0, 0.05) is 11.0 Å². The quantitative estimate of drug-likeness (QED) is 0.550. The third-order valence-electron chi connectivity index (χ3n) is 1.51. The van der Waals surface area contributed by atoms with Crippen LogP contribution in [0.2, 0.25) is 0 Å². The van der Waals surface area contributed by atoms with Crippen LogP contribution in [-0.2, 0) is 4.74 Å². The second-order valence-corrected chi connectivity index (χ2v) is 4.69. The molecule has 0 bridgehead atoms. The zero-order valence-electron chi connectivity index (χ0n) is 7.98. The first-order valence-electron chi connectivity index (χ1n) is 4.18. The lowest BCUT2D eigenvalue weighted by atomic mass is 10.1. The van der Waals surface area contributed by atoms with Crippen LogP contribution in [0.5, 0.6) is 0 Å². The molecule has 0 rings (SSSR count). The van der Waals surface area contributed by atoms with Crippen molar-refractivity contribution < 1.29 is 4.74 Å². The lowest BCUT2D eigenvalue weighted by Crippen LogP contribution is -2.26. The van der Waals surface area contributed by atoms with Crippen molar-refractivity contribution in [1.82, 2.24) is 0 Å². The lowest BCUT2D eigenvalue weighted by Gasteiger charge is -2.22. The predicted octanol–water partition coefficient (Wildman–Crippen LogP) is 3.26. The minimum Gasteiger partial charge on any atom is -0.375 e. The molecular weight excluding hydrogens is 251 g/mol. The number of hydrogen-bond acceptors (Lipinski definition) is 1. The Morgan fingerprint density at radius 1 is 1.36 bits per heavy atom. The van der Waals surface area contributed by atoms with Gasteiger partial charge in [0.25, 0.3) is 0 Å². The minimum absolute atomic E-state index is 0.0649. The van der Waals surface area contributed by atoms with Gasteiger partial charge in [0.05, 0.1) is 5.60 Å². The van der Waals surface area contributed by atoms with Gasteiger partial charge in [-0.05, 0) is 26.2 Å². The van der Waals surface area contributed by atoms with Gasteiger partial charge in [-0.1, -0.05) is 36.4 Å². The summed E-state index contributed by atoms with van der Waals surface area (Å²) in [6.07, 6.45) is 1.17. The molecule has 0 radical (unpaired) electrons. The summed E-state index contributed by atoms with van der Waals surface area (Å²) in [6.45, 7) is 9.62. The van der Waals surface area contributed by atoms with E-state index in [1.54, 1.807) is 0 Å². The molecule has 0 spiro atoms. The van der Waals surface area contributed by atoms with Gasteiger partial charge in [-0.3, -0.25) is 0 Å². The highest BCUT2D eigenvalue weighted by atomic mass is 127. The van der Waals surface area contributed by atoms with Crippen LogP contribution in [0.25, 0.3) is 0 Å². The van der Waals surface area contributed by atoms with Gasteiger partial charge in [0.1, 0.15) is 0 Å². The summed E-state index contributed by atoms with van der Waals surface area (Å²) >= 11 is 2.36. The van der Waals surface area contributed by atoms with Crippen LogP contribution in [0.15, 0.2) is 0 Å². The molecule has 0 aliphatic heterocycles. The van der Waals surface area contributed by atoms with Gasteiger partial charge in [-0.25, -0.2) is 0 Å². The summed E-state index contributed by atoms with van der Waals surface area (Å²) in [5.74, 6) is 0.750. The van der Waals surface area contributed by atoms with Crippen LogP contribution in [0.4, 0.5) is 0 Å². The molecule has 0 aromatic carbocycles. The van der Waals surface area contributed by atoms with Gasteiger partial charge in [0.15, 0.2) is 0 Å². The van der Waals surface area contributed by atoms with Crippen molar-refractivity contribution in [1.29, 1.82) is 0 Å². The molecule has 0 aliphatic rings. The van der Waals surface area contributed by atoms with Crippen molar-refractivity contribution in [2.75, 3.05) is 11.0 Å². The van der Waals surface area contributed by atoms with Crippen LogP contribution in [0.1, 0.15) is 34.1 Å². The van der Waals surface area contributed by atoms with E-state index in [4.69, 9.17) is 4.74 Å². The largest absolute Gasteiger partial charge is 0.375 e. The van der Waals surface area contributed by atoms with E-state index in [1.165, 1.54) is 6.42 Å². The Balaban J connectivity index is 3.38. The molecule has 68 valence electrons. The monoisotopic (exact) mass is 270 g/mol. The topological polar surface area (TPSA) is 9.23 Å². The predicted molar refractivity (Wildman–Crippen MR) is 58.4 cm³/mol. The second-order valence-electron chi connectivity index (χ2n) is 3.92. The standard InChI is InChI=1S/C9H19IO/c1-8(2)5-6-11-9(3,4)7-10/h8H,5-7H2,1-4H3. The maximum Gasteiger partial charge on any atom is 0.0715 e. The Bertz CT molecular complexity index is 99.7. The molecule has 0 aromatic heterocycles. The third kappa shape index (κ3) is 7.06. The number of halogens is 1. The fourth-order valence-electron chi connectivity index (χ4n) is 0.609. The van der Waals surface area contributed by atoms with Crippen molar-refractivity contribution in [3.8, 4) is 0 Å². The molecule has 0 atom stereocenters. The number of hydrogen-bond donors (Lipinski definition) is 0. The maximum absolute atomic E-state index is 5.68.